The Morgan fingerprint density at radius 1 is 1.15 bits per heavy atom. The average molecular weight is 404 g/mol. The van der Waals surface area contributed by atoms with Crippen molar-refractivity contribution in [1.82, 2.24) is 9.88 Å². The Bertz CT molecular complexity index is 623. The fraction of sp³-hybridized carbons (Fsp3) is 0.588. The van der Waals surface area contributed by atoms with E-state index in [1.165, 1.54) is 0 Å². The van der Waals surface area contributed by atoms with Crippen LogP contribution in [-0.4, -0.2) is 54.4 Å². The number of hydrogen-bond donors (Lipinski definition) is 2. The van der Waals surface area contributed by atoms with Crippen LogP contribution in [0.5, 0.6) is 0 Å². The summed E-state index contributed by atoms with van der Waals surface area (Å²) in [5.74, 6) is 0.773. The summed E-state index contributed by atoms with van der Waals surface area (Å²) in [5.41, 5.74) is 11.7. The highest BCUT2D eigenvalue weighted by molar-refractivity contribution is 5.97. The fourth-order valence-electron chi connectivity index (χ4n) is 3.86. The summed E-state index contributed by atoms with van der Waals surface area (Å²) >= 11 is 0. The molecule has 26 heavy (non-hydrogen) atoms. The van der Waals surface area contributed by atoms with Crippen molar-refractivity contribution in [3.63, 3.8) is 0 Å². The number of piperazine rings is 1. The molecule has 2 heterocycles. The van der Waals surface area contributed by atoms with Crippen molar-refractivity contribution in [3.05, 3.63) is 23.9 Å². The molecule has 9 heteroatoms. The Labute approximate surface area is 166 Å². The largest absolute Gasteiger partial charge is 0.365 e. The van der Waals surface area contributed by atoms with Gasteiger partial charge in [-0.2, -0.15) is 0 Å². The Morgan fingerprint density at radius 2 is 1.85 bits per heavy atom. The zero-order valence-electron chi connectivity index (χ0n) is 14.7. The minimum absolute atomic E-state index is 0. The van der Waals surface area contributed by atoms with Gasteiger partial charge in [0.05, 0.1) is 5.56 Å². The number of nitrogens with two attached hydrogens (primary N) is 2. The second-order valence-electron chi connectivity index (χ2n) is 6.58. The first-order valence-electron chi connectivity index (χ1n) is 8.60. The average Bonchev–Trinajstić information content (AvgIpc) is 3.10. The zero-order chi connectivity index (χ0) is 17.1. The molecule has 2 atom stereocenters. The smallest absolute Gasteiger partial charge is 0.252 e. The van der Waals surface area contributed by atoms with Crippen LogP contribution in [0, 0.1) is 11.8 Å². The number of carbonyl (C=O) groups excluding carboxylic acids is 2. The highest BCUT2D eigenvalue weighted by Crippen LogP contribution is 2.32. The lowest BCUT2D eigenvalue weighted by Crippen LogP contribution is -2.51. The first kappa shape index (κ1) is 22.5. The Balaban J connectivity index is 0.00000169. The molecule has 1 saturated heterocycles. The van der Waals surface area contributed by atoms with Gasteiger partial charge in [-0.1, -0.05) is 6.42 Å². The third-order valence-electron chi connectivity index (χ3n) is 5.22. The van der Waals surface area contributed by atoms with Crippen molar-refractivity contribution in [2.24, 2.45) is 23.3 Å². The van der Waals surface area contributed by atoms with Crippen LogP contribution in [0.25, 0.3) is 0 Å². The van der Waals surface area contributed by atoms with Gasteiger partial charge in [-0.15, -0.1) is 24.8 Å². The van der Waals surface area contributed by atoms with E-state index in [1.807, 2.05) is 9.80 Å². The SMILES string of the molecule is Cl.Cl.NC[C@H]1CCC[C@H]1C(=O)N1CCN(c2ncccc2C(N)=O)CC1. The number of pyridine rings is 1. The van der Waals surface area contributed by atoms with Gasteiger partial charge in [0.15, 0.2) is 0 Å². The molecule has 4 N–H and O–H groups in total. The molecule has 0 spiro atoms. The number of carbonyl (C=O) groups is 2. The van der Waals surface area contributed by atoms with Crippen LogP contribution < -0.4 is 16.4 Å². The van der Waals surface area contributed by atoms with Gasteiger partial charge >= 0.3 is 0 Å². The quantitative estimate of drug-likeness (QED) is 0.781. The van der Waals surface area contributed by atoms with Crippen LogP contribution in [0.15, 0.2) is 18.3 Å². The summed E-state index contributed by atoms with van der Waals surface area (Å²) in [5, 5.41) is 0. The topological polar surface area (TPSA) is 106 Å². The number of nitrogens with zero attached hydrogens (tertiary/aromatic N) is 3. The van der Waals surface area contributed by atoms with Crippen LogP contribution in [-0.2, 0) is 4.79 Å². The van der Waals surface area contributed by atoms with Gasteiger partial charge in [0.25, 0.3) is 5.91 Å². The molecule has 0 aromatic carbocycles. The van der Waals surface area contributed by atoms with Gasteiger partial charge in [-0.25, -0.2) is 4.98 Å². The molecule has 0 unspecified atom stereocenters. The van der Waals surface area contributed by atoms with Crippen molar-refractivity contribution in [3.8, 4) is 0 Å². The minimum atomic E-state index is -0.478. The summed E-state index contributed by atoms with van der Waals surface area (Å²) in [6.07, 6.45) is 4.76. The lowest BCUT2D eigenvalue weighted by Gasteiger charge is -2.37. The van der Waals surface area contributed by atoms with Crippen LogP contribution in [0.4, 0.5) is 5.82 Å². The maximum absolute atomic E-state index is 12.8. The number of halogens is 2. The van der Waals surface area contributed by atoms with Crippen LogP contribution in [0.3, 0.4) is 0 Å². The van der Waals surface area contributed by atoms with Gasteiger partial charge in [0.1, 0.15) is 5.82 Å². The van der Waals surface area contributed by atoms with E-state index in [0.717, 1.165) is 19.3 Å². The normalized spacial score (nSPS) is 22.3. The third-order valence-corrected chi connectivity index (χ3v) is 5.22. The lowest BCUT2D eigenvalue weighted by atomic mass is 9.94. The van der Waals surface area contributed by atoms with Crippen molar-refractivity contribution in [1.29, 1.82) is 0 Å². The minimum Gasteiger partial charge on any atom is -0.365 e. The third kappa shape index (κ3) is 4.58. The summed E-state index contributed by atoms with van der Waals surface area (Å²) in [7, 11) is 0. The second-order valence-corrected chi connectivity index (χ2v) is 6.58. The van der Waals surface area contributed by atoms with E-state index in [2.05, 4.69) is 4.98 Å². The Hall–Kier alpha value is -1.57. The van der Waals surface area contributed by atoms with E-state index in [-0.39, 0.29) is 36.6 Å². The van der Waals surface area contributed by atoms with Crippen LogP contribution >= 0.6 is 24.8 Å². The summed E-state index contributed by atoms with van der Waals surface area (Å²) in [6, 6.07) is 3.39. The van der Waals surface area contributed by atoms with Gasteiger partial charge in [0, 0.05) is 38.3 Å². The number of amides is 2. The first-order valence-corrected chi connectivity index (χ1v) is 8.60. The van der Waals surface area contributed by atoms with Crippen molar-refractivity contribution >= 4 is 42.4 Å². The van der Waals surface area contributed by atoms with Crippen LogP contribution in [0.2, 0.25) is 0 Å². The summed E-state index contributed by atoms with van der Waals surface area (Å²) in [6.45, 7) is 3.18. The standard InChI is InChI=1S/C17H25N5O2.2ClH/c18-11-12-3-1-4-13(12)17(24)22-9-7-21(8-10-22)16-14(15(19)23)5-2-6-20-16;;/h2,5-6,12-13H,1,3-4,7-11,18H2,(H2,19,23);2*1H/t12-,13-;;/m1../s1. The molecule has 1 aromatic rings. The number of aromatic nitrogens is 1. The van der Waals surface area contributed by atoms with Crippen molar-refractivity contribution in [2.45, 2.75) is 19.3 Å². The molecule has 1 aromatic heterocycles. The molecule has 1 aliphatic heterocycles. The van der Waals surface area contributed by atoms with Crippen molar-refractivity contribution < 1.29 is 9.59 Å². The molecule has 2 aliphatic rings. The number of hydrogen-bond acceptors (Lipinski definition) is 5. The van der Waals surface area contributed by atoms with Gasteiger partial charge in [0.2, 0.25) is 5.91 Å². The summed E-state index contributed by atoms with van der Waals surface area (Å²) in [4.78, 5) is 32.6. The predicted octanol–water partition coefficient (Wildman–Crippen LogP) is 1.05. The van der Waals surface area contributed by atoms with E-state index < -0.39 is 5.91 Å². The molecular weight excluding hydrogens is 377 g/mol. The number of anilines is 1. The molecule has 2 fully saturated rings. The molecule has 3 rings (SSSR count). The summed E-state index contributed by atoms with van der Waals surface area (Å²) < 4.78 is 0. The van der Waals surface area contributed by atoms with Gasteiger partial charge in [-0.05, 0) is 37.4 Å². The monoisotopic (exact) mass is 403 g/mol. The Kier molecular flexibility index (Phi) is 8.59. The van der Waals surface area contributed by atoms with Crippen molar-refractivity contribution in [2.75, 3.05) is 37.6 Å². The molecule has 1 saturated carbocycles. The van der Waals surface area contributed by atoms with Crippen LogP contribution in [0.1, 0.15) is 29.6 Å². The molecule has 7 nitrogen and oxygen atoms in total. The number of primary amides is 1. The fourth-order valence-corrected chi connectivity index (χ4v) is 3.86. The highest BCUT2D eigenvalue weighted by atomic mass is 35.5. The highest BCUT2D eigenvalue weighted by Gasteiger charge is 2.35. The van der Waals surface area contributed by atoms with E-state index >= 15 is 0 Å². The Morgan fingerprint density at radius 3 is 2.46 bits per heavy atom. The molecule has 0 radical (unpaired) electrons. The molecule has 146 valence electrons. The first-order chi connectivity index (χ1) is 11.6. The number of rotatable bonds is 4. The van der Waals surface area contributed by atoms with E-state index in [9.17, 15) is 9.59 Å². The predicted molar refractivity (Wildman–Crippen MR) is 106 cm³/mol. The molecule has 2 amide bonds. The molecule has 0 bridgehead atoms. The lowest BCUT2D eigenvalue weighted by molar-refractivity contribution is -0.136. The van der Waals surface area contributed by atoms with Gasteiger partial charge < -0.3 is 21.3 Å². The maximum atomic E-state index is 12.8. The molecular formula is C17H27Cl2N5O2. The maximum Gasteiger partial charge on any atom is 0.252 e. The zero-order valence-corrected chi connectivity index (χ0v) is 16.3. The second kappa shape index (κ2) is 9.94. The van der Waals surface area contributed by atoms with E-state index in [0.29, 0.717) is 50.0 Å². The van der Waals surface area contributed by atoms with E-state index in [4.69, 9.17) is 11.5 Å². The van der Waals surface area contributed by atoms with E-state index in [1.54, 1.807) is 18.3 Å². The van der Waals surface area contributed by atoms with Gasteiger partial charge in [-0.3, -0.25) is 9.59 Å². The molecule has 1 aliphatic carbocycles.